The van der Waals surface area contributed by atoms with Crippen LogP contribution in [-0.4, -0.2) is 9.97 Å². The first kappa shape index (κ1) is 14.3. The van der Waals surface area contributed by atoms with Crippen LogP contribution in [0.4, 0.5) is 13.2 Å². The lowest BCUT2D eigenvalue weighted by molar-refractivity contribution is -0.137. The predicted molar refractivity (Wildman–Crippen MR) is 69.0 cm³/mol. The van der Waals surface area contributed by atoms with E-state index in [1.807, 2.05) is 0 Å². The summed E-state index contributed by atoms with van der Waals surface area (Å²) < 4.78 is 38.2. The van der Waals surface area contributed by atoms with Crippen LogP contribution in [0.15, 0.2) is 34.9 Å². The Hall–Kier alpha value is -1.14. The molecule has 1 aromatic heterocycles. The maximum Gasteiger partial charge on any atom is 0.416 e. The molecule has 0 unspecified atom stereocenters. The summed E-state index contributed by atoms with van der Waals surface area (Å²) in [4.78, 5) is 7.99. The fourth-order valence-corrected chi connectivity index (χ4v) is 1.84. The molecule has 19 heavy (non-hydrogen) atoms. The highest BCUT2D eigenvalue weighted by molar-refractivity contribution is 9.10. The van der Waals surface area contributed by atoms with E-state index in [-0.39, 0.29) is 11.6 Å². The molecule has 0 saturated carbocycles. The number of nitrogens with zero attached hydrogens (tertiary/aromatic N) is 2. The molecular weight excluding hydrogens is 344 g/mol. The van der Waals surface area contributed by atoms with Crippen molar-refractivity contribution in [1.29, 1.82) is 0 Å². The molecule has 2 aromatic rings. The van der Waals surface area contributed by atoms with Gasteiger partial charge in [-0.15, -0.1) is 0 Å². The van der Waals surface area contributed by atoms with Gasteiger partial charge in [0, 0.05) is 12.6 Å². The average Bonchev–Trinajstić information content (AvgIpc) is 2.33. The van der Waals surface area contributed by atoms with Gasteiger partial charge in [0.1, 0.15) is 11.0 Å². The van der Waals surface area contributed by atoms with Gasteiger partial charge in [-0.25, -0.2) is 9.97 Å². The topological polar surface area (TPSA) is 25.8 Å². The average molecular weight is 352 g/mol. The van der Waals surface area contributed by atoms with Gasteiger partial charge < -0.3 is 0 Å². The van der Waals surface area contributed by atoms with Crippen molar-refractivity contribution in [3.05, 3.63) is 57.0 Å². The number of rotatable bonds is 2. The zero-order valence-corrected chi connectivity index (χ0v) is 11.7. The fraction of sp³-hybridized carbons (Fsp3) is 0.167. The summed E-state index contributed by atoms with van der Waals surface area (Å²) in [6.07, 6.45) is -2.69. The SMILES string of the molecule is FC(F)(F)c1cccc(Cc2ncc(Br)c(Cl)n2)c1. The first-order chi connectivity index (χ1) is 8.86. The standard InChI is InChI=1S/C12H7BrClF3N2/c13-9-6-18-10(19-11(9)14)5-7-2-1-3-8(4-7)12(15,16)17/h1-4,6H,5H2. The van der Waals surface area contributed by atoms with E-state index in [1.54, 1.807) is 6.07 Å². The summed E-state index contributed by atoms with van der Waals surface area (Å²) in [5.41, 5.74) is -0.207. The Balaban J connectivity index is 2.26. The van der Waals surface area contributed by atoms with E-state index in [9.17, 15) is 13.2 Å². The Morgan fingerprint density at radius 3 is 2.63 bits per heavy atom. The van der Waals surface area contributed by atoms with Crippen molar-refractivity contribution in [2.45, 2.75) is 12.6 Å². The van der Waals surface area contributed by atoms with Crippen molar-refractivity contribution < 1.29 is 13.2 Å². The van der Waals surface area contributed by atoms with E-state index in [0.29, 0.717) is 15.9 Å². The molecule has 0 N–H and O–H groups in total. The highest BCUT2D eigenvalue weighted by Gasteiger charge is 2.30. The normalized spacial score (nSPS) is 11.6. The molecule has 0 aliphatic carbocycles. The van der Waals surface area contributed by atoms with Crippen LogP contribution in [0, 0.1) is 0 Å². The molecule has 0 saturated heterocycles. The van der Waals surface area contributed by atoms with Gasteiger partial charge in [-0.1, -0.05) is 29.8 Å². The molecule has 1 aromatic carbocycles. The van der Waals surface area contributed by atoms with Gasteiger partial charge in [-0.2, -0.15) is 13.2 Å². The van der Waals surface area contributed by atoms with E-state index >= 15 is 0 Å². The van der Waals surface area contributed by atoms with Gasteiger partial charge in [0.05, 0.1) is 10.0 Å². The Bertz CT molecular complexity index is 602. The molecule has 2 rings (SSSR count). The molecule has 0 bridgehead atoms. The minimum Gasteiger partial charge on any atom is -0.240 e. The van der Waals surface area contributed by atoms with Crippen molar-refractivity contribution in [1.82, 2.24) is 9.97 Å². The van der Waals surface area contributed by atoms with E-state index in [2.05, 4.69) is 25.9 Å². The summed E-state index contributed by atoms with van der Waals surface area (Å²) >= 11 is 8.95. The van der Waals surface area contributed by atoms with Crippen LogP contribution in [0.3, 0.4) is 0 Å². The first-order valence-corrected chi connectivity index (χ1v) is 6.36. The number of hydrogen-bond donors (Lipinski definition) is 0. The minimum absolute atomic E-state index is 0.191. The van der Waals surface area contributed by atoms with Crippen LogP contribution in [0.2, 0.25) is 5.15 Å². The Morgan fingerprint density at radius 1 is 1.26 bits per heavy atom. The zero-order chi connectivity index (χ0) is 14.0. The Morgan fingerprint density at radius 2 is 2.00 bits per heavy atom. The van der Waals surface area contributed by atoms with Gasteiger partial charge in [0.2, 0.25) is 0 Å². The molecule has 0 spiro atoms. The predicted octanol–water partition coefficient (Wildman–Crippen LogP) is 4.50. The lowest BCUT2D eigenvalue weighted by Crippen LogP contribution is -2.06. The maximum absolute atomic E-state index is 12.6. The van der Waals surface area contributed by atoms with E-state index in [0.717, 1.165) is 12.1 Å². The van der Waals surface area contributed by atoms with Gasteiger partial charge in [0.15, 0.2) is 0 Å². The second-order valence-corrected chi connectivity index (χ2v) is 5.01. The van der Waals surface area contributed by atoms with Crippen molar-refractivity contribution in [3.63, 3.8) is 0 Å². The number of halogens is 5. The number of alkyl halides is 3. The highest BCUT2D eigenvalue weighted by Crippen LogP contribution is 2.30. The van der Waals surface area contributed by atoms with E-state index in [4.69, 9.17) is 11.6 Å². The van der Waals surface area contributed by atoms with Gasteiger partial charge in [-0.05, 0) is 27.6 Å². The summed E-state index contributed by atoms with van der Waals surface area (Å²) in [6, 6.07) is 5.06. The third-order valence-electron chi connectivity index (χ3n) is 2.37. The van der Waals surface area contributed by atoms with Crippen molar-refractivity contribution >= 4 is 27.5 Å². The van der Waals surface area contributed by atoms with Crippen LogP contribution in [0.1, 0.15) is 17.0 Å². The molecule has 1 heterocycles. The molecular formula is C12H7BrClF3N2. The molecule has 0 atom stereocenters. The molecule has 7 heteroatoms. The molecule has 0 amide bonds. The molecule has 100 valence electrons. The molecule has 0 aliphatic rings. The van der Waals surface area contributed by atoms with Gasteiger partial charge in [-0.3, -0.25) is 0 Å². The summed E-state index contributed by atoms with van der Waals surface area (Å²) in [5, 5.41) is 0.233. The minimum atomic E-state index is -4.35. The number of hydrogen-bond acceptors (Lipinski definition) is 2. The monoisotopic (exact) mass is 350 g/mol. The summed E-state index contributed by atoms with van der Waals surface area (Å²) in [7, 11) is 0. The van der Waals surface area contributed by atoms with Crippen molar-refractivity contribution in [2.24, 2.45) is 0 Å². The van der Waals surface area contributed by atoms with Crippen LogP contribution in [-0.2, 0) is 12.6 Å². The number of benzene rings is 1. The number of aromatic nitrogens is 2. The molecule has 0 fully saturated rings. The lowest BCUT2D eigenvalue weighted by atomic mass is 10.1. The Labute approximate surface area is 120 Å². The van der Waals surface area contributed by atoms with Crippen LogP contribution < -0.4 is 0 Å². The third kappa shape index (κ3) is 3.67. The van der Waals surface area contributed by atoms with E-state index in [1.165, 1.54) is 12.3 Å². The quantitative estimate of drug-likeness (QED) is 0.744. The van der Waals surface area contributed by atoms with Crippen LogP contribution in [0.25, 0.3) is 0 Å². The summed E-state index contributed by atoms with van der Waals surface area (Å²) in [6.45, 7) is 0. The molecule has 0 radical (unpaired) electrons. The molecule has 2 nitrogen and oxygen atoms in total. The maximum atomic E-state index is 12.6. The second-order valence-electron chi connectivity index (χ2n) is 3.80. The summed E-state index contributed by atoms with van der Waals surface area (Å²) in [5.74, 6) is 0.368. The second kappa shape index (κ2) is 5.46. The largest absolute Gasteiger partial charge is 0.416 e. The third-order valence-corrected chi connectivity index (χ3v) is 3.46. The highest BCUT2D eigenvalue weighted by atomic mass is 79.9. The van der Waals surface area contributed by atoms with Crippen LogP contribution in [0.5, 0.6) is 0 Å². The Kier molecular flexibility index (Phi) is 4.10. The van der Waals surface area contributed by atoms with Crippen molar-refractivity contribution in [3.8, 4) is 0 Å². The van der Waals surface area contributed by atoms with Gasteiger partial charge >= 0.3 is 6.18 Å². The van der Waals surface area contributed by atoms with Crippen molar-refractivity contribution in [2.75, 3.05) is 0 Å². The van der Waals surface area contributed by atoms with Crippen LogP contribution >= 0.6 is 27.5 Å². The first-order valence-electron chi connectivity index (χ1n) is 5.19. The zero-order valence-electron chi connectivity index (χ0n) is 9.38. The lowest BCUT2D eigenvalue weighted by Gasteiger charge is -2.08. The molecule has 0 aliphatic heterocycles. The fourth-order valence-electron chi connectivity index (χ4n) is 1.51. The van der Waals surface area contributed by atoms with E-state index < -0.39 is 11.7 Å². The van der Waals surface area contributed by atoms with Gasteiger partial charge in [0.25, 0.3) is 0 Å². The smallest absolute Gasteiger partial charge is 0.240 e.